The molecule has 0 atom stereocenters. The molecule has 0 bridgehead atoms. The minimum Gasteiger partial charge on any atom is -0.396 e. The van der Waals surface area contributed by atoms with Crippen LogP contribution >= 0.6 is 0 Å². The maximum absolute atomic E-state index is 5.85. The number of rotatable bonds is 3. The first-order valence-corrected chi connectivity index (χ1v) is 5.56. The molecule has 0 amide bonds. The minimum atomic E-state index is 0.456. The SMILES string of the molecule is Cc1ccc(N)c(NCC2(C)CCC2)n1. The van der Waals surface area contributed by atoms with Crippen LogP contribution in [0.2, 0.25) is 0 Å². The molecule has 0 aromatic carbocycles. The Morgan fingerprint density at radius 1 is 1.47 bits per heavy atom. The molecule has 15 heavy (non-hydrogen) atoms. The van der Waals surface area contributed by atoms with Gasteiger partial charge in [-0.3, -0.25) is 0 Å². The number of nitrogens with one attached hydrogen (secondary N) is 1. The zero-order chi connectivity index (χ0) is 10.9. The van der Waals surface area contributed by atoms with Gasteiger partial charge in [-0.25, -0.2) is 4.98 Å². The van der Waals surface area contributed by atoms with Crippen LogP contribution in [0.3, 0.4) is 0 Å². The molecule has 82 valence electrons. The van der Waals surface area contributed by atoms with Gasteiger partial charge in [0.2, 0.25) is 0 Å². The molecule has 1 fully saturated rings. The molecule has 1 heterocycles. The largest absolute Gasteiger partial charge is 0.396 e. The van der Waals surface area contributed by atoms with Crippen molar-refractivity contribution < 1.29 is 0 Å². The van der Waals surface area contributed by atoms with Crippen molar-refractivity contribution in [1.29, 1.82) is 0 Å². The van der Waals surface area contributed by atoms with Crippen LogP contribution in [-0.2, 0) is 0 Å². The topological polar surface area (TPSA) is 50.9 Å². The summed E-state index contributed by atoms with van der Waals surface area (Å²) in [5.74, 6) is 0.836. The van der Waals surface area contributed by atoms with Crippen LogP contribution in [0, 0.1) is 12.3 Å². The summed E-state index contributed by atoms with van der Waals surface area (Å²) in [5.41, 5.74) is 8.05. The van der Waals surface area contributed by atoms with Gasteiger partial charge in [0, 0.05) is 12.2 Å². The van der Waals surface area contributed by atoms with E-state index in [-0.39, 0.29) is 0 Å². The Labute approximate surface area is 91.1 Å². The Kier molecular flexibility index (Phi) is 2.55. The van der Waals surface area contributed by atoms with Gasteiger partial charge in [0.1, 0.15) is 5.82 Å². The zero-order valence-electron chi connectivity index (χ0n) is 9.51. The number of nitrogens with zero attached hydrogens (tertiary/aromatic N) is 1. The fourth-order valence-electron chi connectivity index (χ4n) is 1.96. The van der Waals surface area contributed by atoms with E-state index < -0.39 is 0 Å². The van der Waals surface area contributed by atoms with E-state index in [4.69, 9.17) is 5.73 Å². The van der Waals surface area contributed by atoms with Gasteiger partial charge < -0.3 is 11.1 Å². The summed E-state index contributed by atoms with van der Waals surface area (Å²) < 4.78 is 0. The van der Waals surface area contributed by atoms with E-state index in [9.17, 15) is 0 Å². The third-order valence-electron chi connectivity index (χ3n) is 3.31. The maximum Gasteiger partial charge on any atom is 0.149 e. The van der Waals surface area contributed by atoms with Gasteiger partial charge in [0.15, 0.2) is 0 Å². The van der Waals surface area contributed by atoms with Gasteiger partial charge in [-0.2, -0.15) is 0 Å². The molecule has 3 heteroatoms. The first-order chi connectivity index (χ1) is 7.09. The van der Waals surface area contributed by atoms with E-state index in [2.05, 4.69) is 17.2 Å². The van der Waals surface area contributed by atoms with Gasteiger partial charge >= 0.3 is 0 Å². The van der Waals surface area contributed by atoms with E-state index in [0.717, 1.165) is 23.7 Å². The van der Waals surface area contributed by atoms with Crippen molar-refractivity contribution in [3.63, 3.8) is 0 Å². The second-order valence-corrected chi connectivity index (χ2v) is 4.91. The van der Waals surface area contributed by atoms with Crippen LogP contribution < -0.4 is 11.1 Å². The van der Waals surface area contributed by atoms with Crippen molar-refractivity contribution in [3.05, 3.63) is 17.8 Å². The zero-order valence-corrected chi connectivity index (χ0v) is 9.51. The molecule has 1 aromatic heterocycles. The quantitative estimate of drug-likeness (QED) is 0.797. The van der Waals surface area contributed by atoms with Crippen LogP contribution in [0.4, 0.5) is 11.5 Å². The average Bonchev–Trinajstić information content (AvgIpc) is 2.17. The molecule has 0 saturated heterocycles. The molecule has 1 aromatic rings. The Bertz CT molecular complexity index is 356. The number of nitrogens with two attached hydrogens (primary N) is 1. The average molecular weight is 205 g/mol. The number of anilines is 2. The summed E-state index contributed by atoms with van der Waals surface area (Å²) in [6.07, 6.45) is 3.98. The lowest BCUT2D eigenvalue weighted by atomic mass is 9.70. The van der Waals surface area contributed by atoms with Crippen LogP contribution in [0.25, 0.3) is 0 Å². The highest BCUT2D eigenvalue weighted by Gasteiger charge is 2.31. The second kappa shape index (κ2) is 3.72. The van der Waals surface area contributed by atoms with Crippen molar-refractivity contribution in [3.8, 4) is 0 Å². The lowest BCUT2D eigenvalue weighted by molar-refractivity contribution is 0.180. The highest BCUT2D eigenvalue weighted by molar-refractivity contribution is 5.61. The monoisotopic (exact) mass is 205 g/mol. The molecule has 3 nitrogen and oxygen atoms in total. The number of hydrogen-bond donors (Lipinski definition) is 2. The molecule has 0 unspecified atom stereocenters. The molecule has 0 aliphatic heterocycles. The number of aryl methyl sites for hydroxylation is 1. The Morgan fingerprint density at radius 2 is 2.20 bits per heavy atom. The van der Waals surface area contributed by atoms with Crippen LogP contribution in [0.1, 0.15) is 31.9 Å². The highest BCUT2D eigenvalue weighted by atomic mass is 15.0. The second-order valence-electron chi connectivity index (χ2n) is 4.91. The molecule has 1 aliphatic rings. The summed E-state index contributed by atoms with van der Waals surface area (Å²) in [4.78, 5) is 4.40. The van der Waals surface area contributed by atoms with E-state index in [1.165, 1.54) is 19.3 Å². The number of pyridine rings is 1. The van der Waals surface area contributed by atoms with E-state index in [1.54, 1.807) is 0 Å². The summed E-state index contributed by atoms with van der Waals surface area (Å²) in [7, 11) is 0. The van der Waals surface area contributed by atoms with Gasteiger partial charge in [0.05, 0.1) is 5.69 Å². The molecular formula is C12H19N3. The lowest BCUT2D eigenvalue weighted by Crippen LogP contribution is -2.33. The summed E-state index contributed by atoms with van der Waals surface area (Å²) >= 11 is 0. The highest BCUT2D eigenvalue weighted by Crippen LogP contribution is 2.40. The minimum absolute atomic E-state index is 0.456. The van der Waals surface area contributed by atoms with Crippen molar-refractivity contribution in [2.45, 2.75) is 33.1 Å². The molecule has 2 rings (SSSR count). The van der Waals surface area contributed by atoms with Crippen LogP contribution in [-0.4, -0.2) is 11.5 Å². The van der Waals surface area contributed by atoms with E-state index in [0.29, 0.717) is 5.41 Å². The normalized spacial score (nSPS) is 18.3. The fourth-order valence-corrected chi connectivity index (χ4v) is 1.96. The first kappa shape index (κ1) is 10.3. The predicted molar refractivity (Wildman–Crippen MR) is 63.8 cm³/mol. The predicted octanol–water partition coefficient (Wildman–Crippen LogP) is 2.57. The summed E-state index contributed by atoms with van der Waals surface area (Å²) in [6.45, 7) is 5.28. The smallest absolute Gasteiger partial charge is 0.149 e. The third kappa shape index (κ3) is 2.22. The van der Waals surface area contributed by atoms with Crippen LogP contribution in [0.15, 0.2) is 12.1 Å². The molecule has 1 saturated carbocycles. The van der Waals surface area contributed by atoms with Crippen molar-refractivity contribution in [2.75, 3.05) is 17.6 Å². The number of aromatic nitrogens is 1. The lowest BCUT2D eigenvalue weighted by Gasteiger charge is -2.38. The van der Waals surface area contributed by atoms with E-state index in [1.807, 2.05) is 19.1 Å². The fraction of sp³-hybridized carbons (Fsp3) is 0.583. The Morgan fingerprint density at radius 3 is 2.80 bits per heavy atom. The molecule has 0 radical (unpaired) electrons. The molecule has 3 N–H and O–H groups in total. The standard InChI is InChI=1S/C12H19N3/c1-9-4-5-10(13)11(15-9)14-8-12(2)6-3-7-12/h4-5H,3,6-8,13H2,1-2H3,(H,14,15). The maximum atomic E-state index is 5.85. The Balaban J connectivity index is 2.01. The number of nitrogen functional groups attached to an aromatic ring is 1. The molecule has 0 spiro atoms. The molecule has 1 aliphatic carbocycles. The van der Waals surface area contributed by atoms with Crippen molar-refractivity contribution in [1.82, 2.24) is 4.98 Å². The third-order valence-corrected chi connectivity index (χ3v) is 3.31. The molecular weight excluding hydrogens is 186 g/mol. The van der Waals surface area contributed by atoms with Gasteiger partial charge in [-0.05, 0) is 37.3 Å². The first-order valence-electron chi connectivity index (χ1n) is 5.56. The summed E-state index contributed by atoms with van der Waals surface area (Å²) in [5, 5.41) is 3.36. The van der Waals surface area contributed by atoms with Gasteiger partial charge in [-0.15, -0.1) is 0 Å². The Hall–Kier alpha value is -1.25. The van der Waals surface area contributed by atoms with Crippen molar-refractivity contribution in [2.24, 2.45) is 5.41 Å². The van der Waals surface area contributed by atoms with Crippen molar-refractivity contribution >= 4 is 11.5 Å². The summed E-state index contributed by atoms with van der Waals surface area (Å²) in [6, 6.07) is 3.85. The number of hydrogen-bond acceptors (Lipinski definition) is 3. The van der Waals surface area contributed by atoms with E-state index >= 15 is 0 Å². The van der Waals surface area contributed by atoms with Crippen LogP contribution in [0.5, 0.6) is 0 Å². The van der Waals surface area contributed by atoms with Gasteiger partial charge in [0.25, 0.3) is 0 Å². The van der Waals surface area contributed by atoms with Gasteiger partial charge in [-0.1, -0.05) is 13.3 Å².